The molecule has 2 aromatic carbocycles. The van der Waals surface area contributed by atoms with Gasteiger partial charge < -0.3 is 15.5 Å². The van der Waals surface area contributed by atoms with Crippen LogP contribution in [0.1, 0.15) is 47.2 Å². The summed E-state index contributed by atoms with van der Waals surface area (Å²) in [5, 5.41) is 22.9. The monoisotopic (exact) mass is 325 g/mol. The highest BCUT2D eigenvalue weighted by molar-refractivity contribution is 5.97. The van der Waals surface area contributed by atoms with Gasteiger partial charge in [0.2, 0.25) is 0 Å². The van der Waals surface area contributed by atoms with Gasteiger partial charge in [-0.1, -0.05) is 49.2 Å². The van der Waals surface area contributed by atoms with Crippen LogP contribution in [0.5, 0.6) is 5.75 Å². The standard InChI is InChI=1S/C20H23NO3/c22-18-11-10-15(12-14-6-2-1-3-7-14)13-16(18)20(24)21-17-8-4-5-9-19(17)23/h1-3,6-7,10-11,13,17,19,22-23H,4-5,8-9,12H2,(H,21,24). The first-order valence-electron chi connectivity index (χ1n) is 8.48. The van der Waals surface area contributed by atoms with E-state index in [1.807, 2.05) is 36.4 Å². The number of benzene rings is 2. The van der Waals surface area contributed by atoms with Crippen molar-refractivity contribution in [1.82, 2.24) is 5.32 Å². The van der Waals surface area contributed by atoms with E-state index in [1.165, 1.54) is 0 Å². The number of amides is 1. The first-order chi connectivity index (χ1) is 11.6. The van der Waals surface area contributed by atoms with Gasteiger partial charge in [-0.2, -0.15) is 0 Å². The smallest absolute Gasteiger partial charge is 0.255 e. The maximum Gasteiger partial charge on any atom is 0.255 e. The van der Waals surface area contributed by atoms with Gasteiger partial charge >= 0.3 is 0 Å². The average Bonchev–Trinajstić information content (AvgIpc) is 2.59. The molecule has 0 aliphatic heterocycles. The second kappa shape index (κ2) is 7.49. The molecule has 1 aliphatic rings. The van der Waals surface area contributed by atoms with Crippen molar-refractivity contribution < 1.29 is 15.0 Å². The molecule has 2 unspecified atom stereocenters. The molecular weight excluding hydrogens is 302 g/mol. The Morgan fingerprint density at radius 1 is 1.04 bits per heavy atom. The molecule has 4 nitrogen and oxygen atoms in total. The van der Waals surface area contributed by atoms with Gasteiger partial charge in [0.1, 0.15) is 5.75 Å². The van der Waals surface area contributed by atoms with Crippen molar-refractivity contribution in [3.8, 4) is 5.75 Å². The number of nitrogens with one attached hydrogen (secondary N) is 1. The van der Waals surface area contributed by atoms with E-state index in [2.05, 4.69) is 5.32 Å². The van der Waals surface area contributed by atoms with Crippen molar-refractivity contribution >= 4 is 5.91 Å². The third-order valence-corrected chi connectivity index (χ3v) is 4.60. The maximum absolute atomic E-state index is 12.5. The highest BCUT2D eigenvalue weighted by atomic mass is 16.3. The van der Waals surface area contributed by atoms with Gasteiger partial charge in [0, 0.05) is 0 Å². The molecule has 0 heterocycles. The van der Waals surface area contributed by atoms with E-state index in [9.17, 15) is 15.0 Å². The minimum atomic E-state index is -0.502. The quantitative estimate of drug-likeness (QED) is 0.809. The first-order valence-corrected chi connectivity index (χ1v) is 8.48. The molecule has 0 spiro atoms. The molecule has 3 rings (SSSR count). The summed E-state index contributed by atoms with van der Waals surface area (Å²) >= 11 is 0. The van der Waals surface area contributed by atoms with Gasteiger partial charge in [-0.3, -0.25) is 4.79 Å². The molecule has 1 aliphatic carbocycles. The Balaban J connectivity index is 1.74. The topological polar surface area (TPSA) is 69.6 Å². The molecule has 1 amide bonds. The largest absolute Gasteiger partial charge is 0.507 e. The molecule has 126 valence electrons. The molecule has 24 heavy (non-hydrogen) atoms. The number of rotatable bonds is 4. The van der Waals surface area contributed by atoms with Gasteiger partial charge in [0.15, 0.2) is 0 Å². The molecule has 2 atom stereocenters. The minimum Gasteiger partial charge on any atom is -0.507 e. The van der Waals surface area contributed by atoms with Gasteiger partial charge in [0.25, 0.3) is 5.91 Å². The highest BCUT2D eigenvalue weighted by Crippen LogP contribution is 2.23. The molecule has 0 bridgehead atoms. The SMILES string of the molecule is O=C(NC1CCCCC1O)c1cc(Cc2ccccc2)ccc1O. The Kier molecular flexibility index (Phi) is 5.16. The zero-order valence-corrected chi connectivity index (χ0v) is 13.6. The van der Waals surface area contributed by atoms with E-state index in [1.54, 1.807) is 12.1 Å². The van der Waals surface area contributed by atoms with E-state index in [-0.39, 0.29) is 23.3 Å². The van der Waals surface area contributed by atoms with Crippen molar-refractivity contribution in [2.45, 2.75) is 44.2 Å². The van der Waals surface area contributed by atoms with E-state index in [0.29, 0.717) is 12.8 Å². The third kappa shape index (κ3) is 3.95. The summed E-state index contributed by atoms with van der Waals surface area (Å²) in [6.07, 6.45) is 3.68. The van der Waals surface area contributed by atoms with Crippen molar-refractivity contribution in [1.29, 1.82) is 0 Å². The lowest BCUT2D eigenvalue weighted by molar-refractivity contribution is 0.0715. The zero-order valence-electron chi connectivity index (χ0n) is 13.6. The summed E-state index contributed by atoms with van der Waals surface area (Å²) in [5.74, 6) is -0.358. The molecular formula is C20H23NO3. The zero-order chi connectivity index (χ0) is 16.9. The van der Waals surface area contributed by atoms with Crippen LogP contribution in [-0.4, -0.2) is 28.3 Å². The van der Waals surface area contributed by atoms with Crippen LogP contribution >= 0.6 is 0 Å². The van der Waals surface area contributed by atoms with Crippen LogP contribution in [0.15, 0.2) is 48.5 Å². The van der Waals surface area contributed by atoms with Crippen molar-refractivity contribution in [3.63, 3.8) is 0 Å². The molecule has 4 heteroatoms. The Hall–Kier alpha value is -2.33. The Morgan fingerprint density at radius 2 is 1.79 bits per heavy atom. The predicted octanol–water partition coefficient (Wildman–Crippen LogP) is 3.02. The summed E-state index contributed by atoms with van der Waals surface area (Å²) in [4.78, 5) is 12.5. The van der Waals surface area contributed by atoms with Crippen LogP contribution in [-0.2, 0) is 6.42 Å². The molecule has 0 radical (unpaired) electrons. The lowest BCUT2D eigenvalue weighted by atomic mass is 9.92. The number of aliphatic hydroxyl groups is 1. The van der Waals surface area contributed by atoms with Gasteiger partial charge in [-0.15, -0.1) is 0 Å². The van der Waals surface area contributed by atoms with Crippen LogP contribution in [0.4, 0.5) is 0 Å². The van der Waals surface area contributed by atoms with Gasteiger partial charge in [-0.05, 0) is 42.5 Å². The van der Waals surface area contributed by atoms with Crippen LogP contribution in [0.3, 0.4) is 0 Å². The van der Waals surface area contributed by atoms with E-state index < -0.39 is 6.10 Å². The number of aliphatic hydroxyl groups excluding tert-OH is 1. The number of phenolic OH excluding ortho intramolecular Hbond substituents is 1. The second-order valence-corrected chi connectivity index (χ2v) is 6.45. The maximum atomic E-state index is 12.5. The first kappa shape index (κ1) is 16.5. The Bertz CT molecular complexity index is 699. The molecule has 1 saturated carbocycles. The summed E-state index contributed by atoms with van der Waals surface area (Å²) in [7, 11) is 0. The summed E-state index contributed by atoms with van der Waals surface area (Å²) in [6, 6.07) is 14.9. The van der Waals surface area contributed by atoms with Crippen LogP contribution in [0, 0.1) is 0 Å². The van der Waals surface area contributed by atoms with Crippen molar-refractivity contribution in [2.24, 2.45) is 0 Å². The summed E-state index contributed by atoms with van der Waals surface area (Å²) < 4.78 is 0. The molecule has 1 fully saturated rings. The molecule has 2 aromatic rings. The van der Waals surface area contributed by atoms with Crippen LogP contribution < -0.4 is 5.32 Å². The van der Waals surface area contributed by atoms with Gasteiger partial charge in [0.05, 0.1) is 17.7 Å². The van der Waals surface area contributed by atoms with Crippen LogP contribution in [0.25, 0.3) is 0 Å². The summed E-state index contributed by atoms with van der Waals surface area (Å²) in [5.41, 5.74) is 2.38. The van der Waals surface area contributed by atoms with E-state index >= 15 is 0 Å². The minimum absolute atomic E-state index is 0.0328. The fourth-order valence-electron chi connectivity index (χ4n) is 3.23. The number of phenols is 1. The fraction of sp³-hybridized carbons (Fsp3) is 0.350. The van der Waals surface area contributed by atoms with Crippen molar-refractivity contribution in [3.05, 3.63) is 65.2 Å². The highest BCUT2D eigenvalue weighted by Gasteiger charge is 2.25. The Morgan fingerprint density at radius 3 is 2.54 bits per heavy atom. The lowest BCUT2D eigenvalue weighted by Crippen LogP contribution is -2.45. The number of aromatic hydroxyl groups is 1. The number of carbonyl (C=O) groups excluding carboxylic acids is 1. The van der Waals surface area contributed by atoms with E-state index in [4.69, 9.17) is 0 Å². The number of hydrogen-bond donors (Lipinski definition) is 3. The molecule has 0 saturated heterocycles. The normalized spacial score (nSPS) is 20.5. The molecule has 0 aromatic heterocycles. The number of hydrogen-bond acceptors (Lipinski definition) is 3. The molecule has 3 N–H and O–H groups in total. The fourth-order valence-corrected chi connectivity index (χ4v) is 3.23. The lowest BCUT2D eigenvalue weighted by Gasteiger charge is -2.28. The van der Waals surface area contributed by atoms with Crippen molar-refractivity contribution in [2.75, 3.05) is 0 Å². The second-order valence-electron chi connectivity index (χ2n) is 6.45. The third-order valence-electron chi connectivity index (χ3n) is 4.60. The van der Waals surface area contributed by atoms with Gasteiger partial charge in [-0.25, -0.2) is 0 Å². The predicted molar refractivity (Wildman–Crippen MR) is 93.1 cm³/mol. The van der Waals surface area contributed by atoms with Crippen LogP contribution in [0.2, 0.25) is 0 Å². The van der Waals surface area contributed by atoms with E-state index in [0.717, 1.165) is 30.4 Å². The number of carbonyl (C=O) groups is 1. The summed E-state index contributed by atoms with van der Waals surface area (Å²) in [6.45, 7) is 0. The Labute approximate surface area is 142 Å². The average molecular weight is 325 g/mol.